The second-order valence-corrected chi connectivity index (χ2v) is 8.17. The number of ether oxygens (including phenoxy) is 2. The molecule has 0 aliphatic rings. The van der Waals surface area contributed by atoms with E-state index < -0.39 is 6.09 Å². The van der Waals surface area contributed by atoms with Crippen LogP contribution in [-0.4, -0.2) is 22.7 Å². The van der Waals surface area contributed by atoms with Gasteiger partial charge in [0.05, 0.1) is 13.2 Å². The average Bonchev–Trinajstić information content (AvgIpc) is 2.82. The molecule has 32 heavy (non-hydrogen) atoms. The third-order valence-electron chi connectivity index (χ3n) is 4.99. The lowest BCUT2D eigenvalue weighted by atomic mass is 10.1. The van der Waals surface area contributed by atoms with E-state index in [1.807, 2.05) is 78.9 Å². The molecule has 0 heterocycles. The molecule has 0 radical (unpaired) electrons. The van der Waals surface area contributed by atoms with Crippen LogP contribution in [0.5, 0.6) is 5.75 Å². The van der Waals surface area contributed by atoms with Crippen molar-refractivity contribution >= 4 is 6.09 Å². The number of hydrogen-bond donors (Lipinski definition) is 1. The van der Waals surface area contributed by atoms with E-state index in [0.717, 1.165) is 28.0 Å². The van der Waals surface area contributed by atoms with E-state index >= 15 is 0 Å². The van der Waals surface area contributed by atoms with E-state index in [0.29, 0.717) is 25.6 Å². The van der Waals surface area contributed by atoms with Gasteiger partial charge in [0.1, 0.15) is 12.4 Å². The number of carbonyl (C=O) groups excluding carboxylic acids is 1. The van der Waals surface area contributed by atoms with Gasteiger partial charge in [0, 0.05) is 13.1 Å². The molecule has 3 aromatic rings. The molecule has 5 heteroatoms. The van der Waals surface area contributed by atoms with Crippen LogP contribution in [0.4, 0.5) is 4.79 Å². The molecular formula is C27H31NO4. The maximum absolute atomic E-state index is 13.0. The molecule has 168 valence electrons. The van der Waals surface area contributed by atoms with Crippen LogP contribution in [0.25, 0.3) is 0 Å². The highest BCUT2D eigenvalue weighted by Gasteiger charge is 2.18. The minimum Gasteiger partial charge on any atom is -0.493 e. The van der Waals surface area contributed by atoms with E-state index in [2.05, 4.69) is 13.8 Å². The van der Waals surface area contributed by atoms with Gasteiger partial charge in [-0.25, -0.2) is 4.79 Å². The van der Waals surface area contributed by atoms with Crippen molar-refractivity contribution in [2.45, 2.75) is 40.2 Å². The zero-order valence-electron chi connectivity index (χ0n) is 18.7. The molecule has 5 nitrogen and oxygen atoms in total. The Hall–Kier alpha value is -3.31. The molecule has 0 aliphatic carbocycles. The van der Waals surface area contributed by atoms with Crippen molar-refractivity contribution in [3.8, 4) is 5.75 Å². The van der Waals surface area contributed by atoms with Crippen molar-refractivity contribution in [3.05, 3.63) is 101 Å². The Labute approximate surface area is 190 Å². The predicted octanol–water partition coefficient (Wildman–Crippen LogP) is 5.55. The molecule has 0 unspecified atom stereocenters. The smallest absolute Gasteiger partial charge is 0.410 e. The Balaban J connectivity index is 1.72. The molecule has 0 bridgehead atoms. The Morgan fingerprint density at radius 2 is 1.50 bits per heavy atom. The van der Waals surface area contributed by atoms with Crippen LogP contribution in [0.2, 0.25) is 0 Å². The van der Waals surface area contributed by atoms with Crippen LogP contribution in [-0.2, 0) is 31.0 Å². The van der Waals surface area contributed by atoms with Gasteiger partial charge in [0.15, 0.2) is 0 Å². The first-order chi connectivity index (χ1) is 15.5. The summed E-state index contributed by atoms with van der Waals surface area (Å²) in [6, 6.07) is 25.0. The average molecular weight is 434 g/mol. The van der Waals surface area contributed by atoms with Gasteiger partial charge in [-0.05, 0) is 40.3 Å². The number of rotatable bonds is 10. The van der Waals surface area contributed by atoms with E-state index in [1.165, 1.54) is 0 Å². The number of amides is 1. The van der Waals surface area contributed by atoms with Crippen molar-refractivity contribution < 1.29 is 19.4 Å². The Kier molecular flexibility index (Phi) is 8.70. The molecule has 0 saturated carbocycles. The van der Waals surface area contributed by atoms with Gasteiger partial charge in [-0.3, -0.25) is 4.90 Å². The lowest BCUT2D eigenvalue weighted by molar-refractivity contribution is 0.0908. The summed E-state index contributed by atoms with van der Waals surface area (Å²) in [5.41, 5.74) is 3.59. The van der Waals surface area contributed by atoms with Gasteiger partial charge in [-0.2, -0.15) is 0 Å². The maximum atomic E-state index is 13.0. The second-order valence-electron chi connectivity index (χ2n) is 8.17. The van der Waals surface area contributed by atoms with Gasteiger partial charge in [-0.15, -0.1) is 0 Å². The number of aliphatic hydroxyl groups excluding tert-OH is 1. The van der Waals surface area contributed by atoms with Crippen molar-refractivity contribution in [3.63, 3.8) is 0 Å². The summed E-state index contributed by atoms with van der Waals surface area (Å²) in [7, 11) is 0. The fourth-order valence-electron chi connectivity index (χ4n) is 3.24. The maximum Gasteiger partial charge on any atom is 0.410 e. The molecule has 0 atom stereocenters. The zero-order valence-corrected chi connectivity index (χ0v) is 18.7. The van der Waals surface area contributed by atoms with Crippen LogP contribution >= 0.6 is 0 Å². The van der Waals surface area contributed by atoms with Gasteiger partial charge < -0.3 is 14.6 Å². The largest absolute Gasteiger partial charge is 0.493 e. The van der Waals surface area contributed by atoms with E-state index in [9.17, 15) is 9.90 Å². The first-order valence-corrected chi connectivity index (χ1v) is 10.9. The van der Waals surface area contributed by atoms with Crippen LogP contribution in [0.3, 0.4) is 0 Å². The second kappa shape index (κ2) is 11.9. The molecule has 1 amide bonds. The Morgan fingerprint density at radius 1 is 0.844 bits per heavy atom. The molecule has 3 aromatic carbocycles. The van der Waals surface area contributed by atoms with E-state index in [1.54, 1.807) is 4.90 Å². The fraction of sp³-hybridized carbons (Fsp3) is 0.296. The number of carbonyl (C=O) groups is 1. The van der Waals surface area contributed by atoms with Crippen LogP contribution in [0.1, 0.15) is 36.1 Å². The molecule has 0 spiro atoms. The predicted molar refractivity (Wildman–Crippen MR) is 125 cm³/mol. The first-order valence-electron chi connectivity index (χ1n) is 10.9. The SMILES string of the molecule is CC(C)COc1ccc(CN(Cc2ccccc2CO)C(=O)OCc2ccccc2)cc1. The minimum atomic E-state index is -0.401. The molecule has 1 N–H and O–H groups in total. The molecule has 0 aromatic heterocycles. The topological polar surface area (TPSA) is 59.0 Å². The van der Waals surface area contributed by atoms with Crippen molar-refractivity contribution in [1.29, 1.82) is 0 Å². The summed E-state index contributed by atoms with van der Waals surface area (Å²) < 4.78 is 11.4. The monoisotopic (exact) mass is 433 g/mol. The van der Waals surface area contributed by atoms with Gasteiger partial charge in [0.2, 0.25) is 0 Å². The van der Waals surface area contributed by atoms with Crippen LogP contribution in [0.15, 0.2) is 78.9 Å². The summed E-state index contributed by atoms with van der Waals surface area (Å²) in [5, 5.41) is 9.68. The first kappa shape index (κ1) is 23.4. The number of nitrogens with zero attached hydrogens (tertiary/aromatic N) is 1. The fourth-order valence-corrected chi connectivity index (χ4v) is 3.24. The number of benzene rings is 3. The summed E-state index contributed by atoms with van der Waals surface area (Å²) >= 11 is 0. The zero-order chi connectivity index (χ0) is 22.8. The lowest BCUT2D eigenvalue weighted by Gasteiger charge is -2.24. The molecule has 0 fully saturated rings. The Morgan fingerprint density at radius 3 is 2.16 bits per heavy atom. The molecule has 3 rings (SSSR count). The van der Waals surface area contributed by atoms with Crippen LogP contribution < -0.4 is 4.74 Å². The summed E-state index contributed by atoms with van der Waals surface area (Å²) in [4.78, 5) is 14.6. The van der Waals surface area contributed by atoms with Gasteiger partial charge in [0.25, 0.3) is 0 Å². The van der Waals surface area contributed by atoms with Crippen molar-refractivity contribution in [2.24, 2.45) is 5.92 Å². The van der Waals surface area contributed by atoms with Gasteiger partial charge >= 0.3 is 6.09 Å². The van der Waals surface area contributed by atoms with E-state index in [4.69, 9.17) is 9.47 Å². The lowest BCUT2D eigenvalue weighted by Crippen LogP contribution is -2.31. The van der Waals surface area contributed by atoms with E-state index in [-0.39, 0.29) is 13.2 Å². The third-order valence-corrected chi connectivity index (χ3v) is 4.99. The third kappa shape index (κ3) is 7.13. The van der Waals surface area contributed by atoms with Gasteiger partial charge in [-0.1, -0.05) is 80.6 Å². The minimum absolute atomic E-state index is 0.0784. The summed E-state index contributed by atoms with van der Waals surface area (Å²) in [6.45, 7) is 5.74. The molecule has 0 saturated heterocycles. The van der Waals surface area contributed by atoms with Crippen LogP contribution in [0, 0.1) is 5.92 Å². The Bertz CT molecular complexity index is 970. The summed E-state index contributed by atoms with van der Waals surface area (Å²) in [6.07, 6.45) is -0.401. The van der Waals surface area contributed by atoms with Crippen molar-refractivity contribution in [2.75, 3.05) is 6.61 Å². The highest BCUT2D eigenvalue weighted by molar-refractivity contribution is 5.68. The molecule has 0 aliphatic heterocycles. The summed E-state index contributed by atoms with van der Waals surface area (Å²) in [5.74, 6) is 1.27. The highest BCUT2D eigenvalue weighted by atomic mass is 16.6. The normalized spacial score (nSPS) is 10.8. The number of hydrogen-bond acceptors (Lipinski definition) is 4. The van der Waals surface area contributed by atoms with Crippen molar-refractivity contribution in [1.82, 2.24) is 4.90 Å². The number of aliphatic hydroxyl groups is 1. The highest BCUT2D eigenvalue weighted by Crippen LogP contribution is 2.19. The molecular weight excluding hydrogens is 402 g/mol. The quantitative estimate of drug-likeness (QED) is 0.455. The standard InChI is InChI=1S/C27H31NO4/c1-21(2)19-31-26-14-12-22(13-15-26)16-28(17-24-10-6-7-11-25(24)18-29)27(30)32-20-23-8-4-3-5-9-23/h3-15,21,29H,16-20H2,1-2H3.